The van der Waals surface area contributed by atoms with Crippen LogP contribution in [0, 0.1) is 0 Å². The van der Waals surface area contributed by atoms with E-state index in [-0.39, 0.29) is 18.5 Å². The molecule has 0 rings (SSSR count). The number of aliphatic hydroxyl groups excluding tert-OH is 2. The lowest BCUT2D eigenvalue weighted by Gasteiger charge is -2.20. The van der Waals surface area contributed by atoms with Crippen molar-refractivity contribution in [3.05, 3.63) is 48.6 Å². The second-order valence-corrected chi connectivity index (χ2v) is 22.4. The molecule has 0 aliphatic heterocycles. The van der Waals surface area contributed by atoms with Crippen LogP contribution in [0.15, 0.2) is 48.6 Å². The van der Waals surface area contributed by atoms with Gasteiger partial charge in [-0.15, -0.1) is 0 Å². The number of ether oxygens (including phenoxy) is 1. The first-order chi connectivity index (χ1) is 36.5. The quantitative estimate of drug-likeness (QED) is 0.0320. The molecule has 0 saturated carbocycles. The molecule has 0 fully saturated rings. The number of rotatable bonds is 61. The molecule has 2 unspecified atom stereocenters. The van der Waals surface area contributed by atoms with Crippen LogP contribution in [0.25, 0.3) is 0 Å². The third-order valence-corrected chi connectivity index (χ3v) is 15.1. The number of aliphatic hydroxyl groups is 2. The number of hydrogen-bond donors (Lipinski definition) is 3. The molecular formula is C68H127NO5. The van der Waals surface area contributed by atoms with Crippen molar-refractivity contribution < 1.29 is 24.5 Å². The molecular weight excluding hydrogens is 911 g/mol. The van der Waals surface area contributed by atoms with Gasteiger partial charge in [0.1, 0.15) is 0 Å². The van der Waals surface area contributed by atoms with Crippen molar-refractivity contribution in [3.63, 3.8) is 0 Å². The minimum absolute atomic E-state index is 0.00356. The molecule has 0 aromatic carbocycles. The summed E-state index contributed by atoms with van der Waals surface area (Å²) in [5, 5.41) is 23.1. The van der Waals surface area contributed by atoms with Gasteiger partial charge in [-0.25, -0.2) is 0 Å². The van der Waals surface area contributed by atoms with Gasteiger partial charge in [-0.3, -0.25) is 9.59 Å². The Balaban J connectivity index is 3.42. The molecule has 0 aliphatic carbocycles. The highest BCUT2D eigenvalue weighted by molar-refractivity contribution is 5.76. The average molecular weight is 1040 g/mol. The van der Waals surface area contributed by atoms with E-state index < -0.39 is 12.1 Å². The van der Waals surface area contributed by atoms with Gasteiger partial charge in [0.15, 0.2) is 0 Å². The first-order valence-electron chi connectivity index (χ1n) is 32.9. The Bertz CT molecular complexity index is 1240. The van der Waals surface area contributed by atoms with E-state index in [2.05, 4.69) is 55.6 Å². The van der Waals surface area contributed by atoms with Gasteiger partial charge < -0.3 is 20.3 Å². The third kappa shape index (κ3) is 59.1. The standard InChI is InChI=1S/C68H127NO5/c1-3-5-7-9-11-13-15-17-33-38-42-46-50-54-58-62-68(73)74-63-59-55-51-47-43-39-35-32-30-28-26-24-22-20-18-19-21-23-25-27-29-31-34-37-41-45-49-53-57-61-67(72)69-65(64-70)66(71)60-56-52-48-44-40-36-16-14-12-10-8-6-4-2/h17-18,20,24,26,33,56,60,65-66,70-71H,3-16,19,21-23,25,27-32,34-55,57-59,61-64H2,1-2H3,(H,69,72)/b20-18-,26-24-,33-17-,60-56+. The molecule has 0 saturated heterocycles. The fourth-order valence-corrected chi connectivity index (χ4v) is 10.0. The summed E-state index contributed by atoms with van der Waals surface area (Å²) < 4.78 is 5.48. The second-order valence-electron chi connectivity index (χ2n) is 22.4. The molecule has 0 bridgehead atoms. The van der Waals surface area contributed by atoms with E-state index in [1.165, 1.54) is 270 Å². The Morgan fingerprint density at radius 2 is 0.676 bits per heavy atom. The van der Waals surface area contributed by atoms with Crippen molar-refractivity contribution in [2.24, 2.45) is 0 Å². The van der Waals surface area contributed by atoms with E-state index in [4.69, 9.17) is 4.74 Å². The SMILES string of the molecule is CCCCCCCC/C=C\CCCCCCCC(=O)OCCCCCCCCCCC/C=C\C/C=C\CCCCCCCCCCCCCCCC(=O)NC(CO)C(O)/C=C/CCCCCCCCCCCCC. The van der Waals surface area contributed by atoms with Gasteiger partial charge in [0.25, 0.3) is 0 Å². The maximum Gasteiger partial charge on any atom is 0.305 e. The summed E-state index contributed by atoms with van der Waals surface area (Å²) >= 11 is 0. The molecule has 0 aromatic heterocycles. The topological polar surface area (TPSA) is 95.9 Å². The number of hydrogen-bond acceptors (Lipinski definition) is 5. The molecule has 0 radical (unpaired) electrons. The highest BCUT2D eigenvalue weighted by Crippen LogP contribution is 2.17. The lowest BCUT2D eigenvalue weighted by Crippen LogP contribution is -2.45. The molecule has 1 amide bonds. The monoisotopic (exact) mass is 1040 g/mol. The molecule has 0 spiro atoms. The van der Waals surface area contributed by atoms with Crippen molar-refractivity contribution in [1.29, 1.82) is 0 Å². The molecule has 0 aromatic rings. The normalized spacial score (nSPS) is 12.9. The molecule has 2 atom stereocenters. The van der Waals surface area contributed by atoms with Gasteiger partial charge in [0, 0.05) is 12.8 Å². The minimum Gasteiger partial charge on any atom is -0.466 e. The largest absolute Gasteiger partial charge is 0.466 e. The highest BCUT2D eigenvalue weighted by atomic mass is 16.5. The number of nitrogens with one attached hydrogen (secondary N) is 1. The number of carbonyl (C=O) groups excluding carboxylic acids is 2. The van der Waals surface area contributed by atoms with Crippen LogP contribution in [0.5, 0.6) is 0 Å². The number of unbranched alkanes of at least 4 members (excludes halogenated alkanes) is 44. The molecule has 434 valence electrons. The number of amides is 1. The molecule has 0 heterocycles. The van der Waals surface area contributed by atoms with Crippen molar-refractivity contribution in [2.75, 3.05) is 13.2 Å². The van der Waals surface area contributed by atoms with Crippen LogP contribution in [0.2, 0.25) is 0 Å². The van der Waals surface area contributed by atoms with Crippen molar-refractivity contribution in [3.8, 4) is 0 Å². The fraction of sp³-hybridized carbons (Fsp3) is 0.853. The number of allylic oxidation sites excluding steroid dienone is 7. The molecule has 0 aliphatic rings. The zero-order valence-corrected chi connectivity index (χ0v) is 49.6. The van der Waals surface area contributed by atoms with Gasteiger partial charge in [0.2, 0.25) is 5.91 Å². The zero-order valence-electron chi connectivity index (χ0n) is 49.6. The van der Waals surface area contributed by atoms with E-state index in [0.29, 0.717) is 19.4 Å². The highest BCUT2D eigenvalue weighted by Gasteiger charge is 2.18. The first-order valence-corrected chi connectivity index (χ1v) is 32.9. The summed E-state index contributed by atoms with van der Waals surface area (Å²) in [5.41, 5.74) is 0. The average Bonchev–Trinajstić information content (AvgIpc) is 3.40. The smallest absolute Gasteiger partial charge is 0.305 e. The first kappa shape index (κ1) is 71.8. The molecule has 6 nitrogen and oxygen atoms in total. The number of carbonyl (C=O) groups is 2. The molecule has 3 N–H and O–H groups in total. The van der Waals surface area contributed by atoms with Crippen molar-refractivity contribution in [1.82, 2.24) is 5.32 Å². The molecule has 74 heavy (non-hydrogen) atoms. The zero-order chi connectivity index (χ0) is 53.6. The maximum atomic E-state index is 12.5. The van der Waals surface area contributed by atoms with Crippen LogP contribution in [0.4, 0.5) is 0 Å². The third-order valence-electron chi connectivity index (χ3n) is 15.1. The van der Waals surface area contributed by atoms with Crippen molar-refractivity contribution in [2.45, 2.75) is 360 Å². The molecule has 6 heteroatoms. The summed E-state index contributed by atoms with van der Waals surface area (Å²) in [4.78, 5) is 24.5. The van der Waals surface area contributed by atoms with Crippen molar-refractivity contribution >= 4 is 11.9 Å². The van der Waals surface area contributed by atoms with Crippen LogP contribution >= 0.6 is 0 Å². The van der Waals surface area contributed by atoms with Gasteiger partial charge in [-0.05, 0) is 89.9 Å². The summed E-state index contributed by atoms with van der Waals surface area (Å²) in [7, 11) is 0. The van der Waals surface area contributed by atoms with Gasteiger partial charge in [-0.1, -0.05) is 294 Å². The van der Waals surface area contributed by atoms with Crippen LogP contribution in [0.1, 0.15) is 348 Å². The Morgan fingerprint density at radius 3 is 1.04 bits per heavy atom. The maximum absolute atomic E-state index is 12.5. The summed E-state index contributed by atoms with van der Waals surface area (Å²) in [5.74, 6) is -0.0652. The Hall–Kier alpha value is -2.18. The Kier molecular flexibility index (Phi) is 61.5. The van der Waals surface area contributed by atoms with Crippen LogP contribution in [0.3, 0.4) is 0 Å². The minimum atomic E-state index is -0.845. The Labute approximate surface area is 461 Å². The van der Waals surface area contributed by atoms with Crippen LogP contribution < -0.4 is 5.32 Å². The summed E-state index contributed by atoms with van der Waals surface area (Å²) in [6, 6.07) is -0.628. The van der Waals surface area contributed by atoms with Gasteiger partial charge in [-0.2, -0.15) is 0 Å². The predicted octanol–water partition coefficient (Wildman–Crippen LogP) is 20.9. The Morgan fingerprint density at radius 1 is 0.378 bits per heavy atom. The fourth-order valence-electron chi connectivity index (χ4n) is 10.0. The predicted molar refractivity (Wildman–Crippen MR) is 324 cm³/mol. The van der Waals surface area contributed by atoms with Crippen LogP contribution in [-0.2, 0) is 14.3 Å². The van der Waals surface area contributed by atoms with Crippen LogP contribution in [-0.4, -0.2) is 47.4 Å². The van der Waals surface area contributed by atoms with E-state index in [0.717, 1.165) is 51.4 Å². The van der Waals surface area contributed by atoms with Gasteiger partial charge in [0.05, 0.1) is 25.4 Å². The lowest BCUT2D eigenvalue weighted by molar-refractivity contribution is -0.143. The van der Waals surface area contributed by atoms with E-state index >= 15 is 0 Å². The van der Waals surface area contributed by atoms with E-state index in [1.54, 1.807) is 6.08 Å². The second kappa shape index (κ2) is 63.4. The van der Waals surface area contributed by atoms with Gasteiger partial charge >= 0.3 is 5.97 Å². The van der Waals surface area contributed by atoms with E-state index in [1.807, 2.05) is 6.08 Å². The van der Waals surface area contributed by atoms with E-state index in [9.17, 15) is 19.8 Å². The number of esters is 1. The lowest BCUT2D eigenvalue weighted by atomic mass is 10.0. The summed E-state index contributed by atoms with van der Waals surface area (Å²) in [6.07, 6.45) is 81.7. The summed E-state index contributed by atoms with van der Waals surface area (Å²) in [6.45, 7) is 4.90.